The van der Waals surface area contributed by atoms with Gasteiger partial charge in [0.1, 0.15) is 0 Å². The Hall–Kier alpha value is -1.91. The first-order valence-electron chi connectivity index (χ1n) is 8.71. The van der Waals surface area contributed by atoms with E-state index in [0.717, 1.165) is 49.2 Å². The Morgan fingerprint density at radius 2 is 1.84 bits per heavy atom. The van der Waals surface area contributed by atoms with Gasteiger partial charge in [-0.25, -0.2) is 0 Å². The van der Waals surface area contributed by atoms with Crippen molar-refractivity contribution in [3.8, 4) is 0 Å². The third-order valence-corrected chi connectivity index (χ3v) is 4.91. The Bertz CT molecular complexity index is 730. The summed E-state index contributed by atoms with van der Waals surface area (Å²) in [6.07, 6.45) is 5.38. The van der Waals surface area contributed by atoms with Gasteiger partial charge in [-0.1, -0.05) is 64.5 Å². The third kappa shape index (κ3) is 5.28. The minimum atomic E-state index is 0.128. The summed E-state index contributed by atoms with van der Waals surface area (Å²) < 4.78 is 0.945. The lowest BCUT2D eigenvalue weighted by Crippen LogP contribution is -2.35. The molecule has 1 heterocycles. The molecule has 0 spiro atoms. The lowest BCUT2D eigenvalue weighted by Gasteiger charge is -2.21. The number of carbonyl (C=O) groups is 1. The summed E-state index contributed by atoms with van der Waals surface area (Å²) in [6.45, 7) is 4.48. The number of carbonyl (C=O) groups excluding carboxylic acids is 1. The molecule has 0 unspecified atom stereocenters. The van der Waals surface area contributed by atoms with Gasteiger partial charge >= 0.3 is 0 Å². The average molecular weight is 399 g/mol. The van der Waals surface area contributed by atoms with E-state index < -0.39 is 0 Å². The molecule has 130 valence electrons. The van der Waals surface area contributed by atoms with Gasteiger partial charge in [0.15, 0.2) is 0 Å². The van der Waals surface area contributed by atoms with Crippen molar-refractivity contribution < 1.29 is 4.79 Å². The van der Waals surface area contributed by atoms with E-state index in [1.165, 1.54) is 5.56 Å². The van der Waals surface area contributed by atoms with Crippen molar-refractivity contribution in [2.45, 2.75) is 6.42 Å². The predicted molar refractivity (Wildman–Crippen MR) is 107 cm³/mol. The second-order valence-corrected chi connectivity index (χ2v) is 7.19. The molecule has 4 heteroatoms. The summed E-state index contributed by atoms with van der Waals surface area (Å²) in [5.74, 6) is 0.128. The van der Waals surface area contributed by atoms with Crippen LogP contribution in [0.5, 0.6) is 0 Å². The van der Waals surface area contributed by atoms with E-state index in [-0.39, 0.29) is 5.91 Å². The Kier molecular flexibility index (Phi) is 6.42. The van der Waals surface area contributed by atoms with E-state index in [4.69, 9.17) is 0 Å². The molecule has 1 saturated heterocycles. The van der Waals surface area contributed by atoms with Gasteiger partial charge in [-0.15, -0.1) is 0 Å². The molecule has 0 saturated carbocycles. The van der Waals surface area contributed by atoms with E-state index in [0.29, 0.717) is 0 Å². The number of benzene rings is 2. The van der Waals surface area contributed by atoms with Crippen LogP contribution >= 0.6 is 15.9 Å². The molecule has 2 aromatic carbocycles. The molecule has 3 rings (SSSR count). The van der Waals surface area contributed by atoms with Crippen LogP contribution in [0.15, 0.2) is 65.1 Å². The highest BCUT2D eigenvalue weighted by molar-refractivity contribution is 9.10. The van der Waals surface area contributed by atoms with Gasteiger partial charge in [0.2, 0.25) is 0 Å². The zero-order valence-corrected chi connectivity index (χ0v) is 15.9. The van der Waals surface area contributed by atoms with Crippen molar-refractivity contribution >= 4 is 27.9 Å². The van der Waals surface area contributed by atoms with Gasteiger partial charge in [0, 0.05) is 42.8 Å². The summed E-state index contributed by atoms with van der Waals surface area (Å²) in [6, 6.07) is 18.0. The first kappa shape index (κ1) is 17.9. The molecule has 3 nitrogen and oxygen atoms in total. The monoisotopic (exact) mass is 398 g/mol. The molecular weight excluding hydrogens is 376 g/mol. The number of hydrogen-bond donors (Lipinski definition) is 0. The fourth-order valence-corrected chi connectivity index (χ4v) is 3.46. The normalized spacial score (nSPS) is 16.1. The first-order valence-corrected chi connectivity index (χ1v) is 9.50. The minimum absolute atomic E-state index is 0.128. The van der Waals surface area contributed by atoms with Gasteiger partial charge in [-0.05, 0) is 30.2 Å². The Morgan fingerprint density at radius 1 is 1.00 bits per heavy atom. The molecule has 2 aromatic rings. The molecule has 0 bridgehead atoms. The zero-order chi connectivity index (χ0) is 17.5. The van der Waals surface area contributed by atoms with Crippen molar-refractivity contribution in [1.29, 1.82) is 0 Å². The van der Waals surface area contributed by atoms with Gasteiger partial charge in [-0.3, -0.25) is 9.69 Å². The van der Waals surface area contributed by atoms with Crippen LogP contribution in [-0.4, -0.2) is 48.4 Å². The second-order valence-electron chi connectivity index (χ2n) is 6.27. The van der Waals surface area contributed by atoms with Crippen molar-refractivity contribution in [3.63, 3.8) is 0 Å². The summed E-state index contributed by atoms with van der Waals surface area (Å²) in [5, 5.41) is 0. The van der Waals surface area contributed by atoms with Crippen LogP contribution in [0.1, 0.15) is 22.3 Å². The van der Waals surface area contributed by atoms with E-state index >= 15 is 0 Å². The topological polar surface area (TPSA) is 23.6 Å². The maximum atomic E-state index is 12.7. The minimum Gasteiger partial charge on any atom is -0.337 e. The lowest BCUT2D eigenvalue weighted by atomic mass is 10.2. The fraction of sp³-hybridized carbons (Fsp3) is 0.286. The largest absolute Gasteiger partial charge is 0.337 e. The lowest BCUT2D eigenvalue weighted by molar-refractivity contribution is 0.0762. The van der Waals surface area contributed by atoms with Crippen LogP contribution in [0, 0.1) is 0 Å². The summed E-state index contributed by atoms with van der Waals surface area (Å²) >= 11 is 3.44. The van der Waals surface area contributed by atoms with Crippen LogP contribution in [0.3, 0.4) is 0 Å². The molecule has 0 atom stereocenters. The fourth-order valence-electron chi connectivity index (χ4n) is 3.06. The molecule has 1 amide bonds. The van der Waals surface area contributed by atoms with Crippen molar-refractivity contribution in [1.82, 2.24) is 9.80 Å². The van der Waals surface area contributed by atoms with Crippen molar-refractivity contribution in [3.05, 3.63) is 76.3 Å². The molecule has 0 aromatic heterocycles. The molecule has 0 N–H and O–H groups in total. The van der Waals surface area contributed by atoms with E-state index in [2.05, 4.69) is 57.2 Å². The van der Waals surface area contributed by atoms with Crippen LogP contribution in [0.4, 0.5) is 0 Å². The smallest absolute Gasteiger partial charge is 0.253 e. The Labute approximate surface area is 158 Å². The van der Waals surface area contributed by atoms with Crippen molar-refractivity contribution in [2.24, 2.45) is 0 Å². The van der Waals surface area contributed by atoms with Gasteiger partial charge in [0.05, 0.1) is 0 Å². The van der Waals surface area contributed by atoms with E-state index in [1.807, 2.05) is 35.2 Å². The number of nitrogens with zero attached hydrogens (tertiary/aromatic N) is 2. The highest BCUT2D eigenvalue weighted by Gasteiger charge is 2.19. The Morgan fingerprint density at radius 3 is 2.64 bits per heavy atom. The molecule has 0 radical (unpaired) electrons. The number of rotatable bonds is 4. The summed E-state index contributed by atoms with van der Waals surface area (Å²) in [5.41, 5.74) is 1.98. The quantitative estimate of drug-likeness (QED) is 0.765. The summed E-state index contributed by atoms with van der Waals surface area (Å²) in [7, 11) is 0. The number of halogens is 1. The Balaban J connectivity index is 1.53. The third-order valence-electron chi connectivity index (χ3n) is 4.42. The van der Waals surface area contributed by atoms with E-state index in [1.54, 1.807) is 0 Å². The van der Waals surface area contributed by atoms with Crippen LogP contribution in [0.2, 0.25) is 0 Å². The highest BCUT2D eigenvalue weighted by Crippen LogP contribution is 2.15. The maximum absolute atomic E-state index is 12.7. The highest BCUT2D eigenvalue weighted by atomic mass is 79.9. The molecular formula is C21H23BrN2O. The average Bonchev–Trinajstić information content (AvgIpc) is 2.88. The predicted octanol–water partition coefficient (Wildman–Crippen LogP) is 4.31. The van der Waals surface area contributed by atoms with Crippen LogP contribution in [0.25, 0.3) is 6.08 Å². The van der Waals surface area contributed by atoms with Gasteiger partial charge in [-0.2, -0.15) is 0 Å². The molecule has 1 fully saturated rings. The molecule has 1 aliphatic rings. The zero-order valence-electron chi connectivity index (χ0n) is 14.3. The number of amides is 1. The van der Waals surface area contributed by atoms with Crippen LogP contribution < -0.4 is 0 Å². The first-order chi connectivity index (χ1) is 12.2. The molecule has 1 aliphatic heterocycles. The maximum Gasteiger partial charge on any atom is 0.253 e. The van der Waals surface area contributed by atoms with Crippen LogP contribution in [-0.2, 0) is 0 Å². The van der Waals surface area contributed by atoms with Gasteiger partial charge < -0.3 is 4.90 Å². The molecule has 0 aliphatic carbocycles. The second kappa shape index (κ2) is 8.97. The standard InChI is InChI=1S/C21H23BrN2O/c22-20-11-4-10-19(17-20)21(25)24-14-6-13-23(15-16-24)12-5-9-18-7-2-1-3-8-18/h1-5,7-11,17H,6,12-16H2. The SMILES string of the molecule is O=C(c1cccc(Br)c1)N1CCCN(CC=Cc2ccccc2)CC1. The van der Waals surface area contributed by atoms with Crippen molar-refractivity contribution in [2.75, 3.05) is 32.7 Å². The molecule has 25 heavy (non-hydrogen) atoms. The summed E-state index contributed by atoms with van der Waals surface area (Å²) in [4.78, 5) is 17.1. The number of hydrogen-bond acceptors (Lipinski definition) is 2. The van der Waals surface area contributed by atoms with E-state index in [9.17, 15) is 4.79 Å². The van der Waals surface area contributed by atoms with Gasteiger partial charge in [0.25, 0.3) is 5.91 Å².